The van der Waals surface area contributed by atoms with E-state index in [0.29, 0.717) is 34.5 Å². The Labute approximate surface area is 178 Å². The summed E-state index contributed by atoms with van der Waals surface area (Å²) in [5.41, 5.74) is 9.42. The fourth-order valence-electron chi connectivity index (χ4n) is 3.03. The smallest absolute Gasteiger partial charge is 0.539 e. The maximum atomic E-state index is 10.8. The van der Waals surface area contributed by atoms with E-state index in [0.717, 1.165) is 11.1 Å². The number of hydrogen-bond acceptors (Lipinski definition) is 10. The van der Waals surface area contributed by atoms with E-state index in [-0.39, 0.29) is 5.75 Å². The molecule has 158 valence electrons. The van der Waals surface area contributed by atoms with Crippen molar-refractivity contribution < 1.29 is 28.3 Å². The van der Waals surface area contributed by atoms with Crippen molar-refractivity contribution in [1.82, 2.24) is 4.98 Å². The Morgan fingerprint density at radius 3 is 2.06 bits per heavy atom. The molecule has 12 heteroatoms. The highest BCUT2D eigenvalue weighted by atomic mass is 31.2. The summed E-state index contributed by atoms with van der Waals surface area (Å²) in [6.45, 7) is 0. The predicted octanol–water partition coefficient (Wildman–Crippen LogP) is 3.01. The lowest BCUT2D eigenvalue weighted by Gasteiger charge is -2.26. The molecule has 0 saturated heterocycles. The Kier molecular flexibility index (Phi) is 5.99. The molecule has 6 N–H and O–H groups in total. The lowest BCUT2D eigenvalue weighted by Crippen LogP contribution is -2.16. The van der Waals surface area contributed by atoms with Gasteiger partial charge < -0.3 is 35.6 Å². The van der Waals surface area contributed by atoms with Gasteiger partial charge in [-0.15, -0.1) is 0 Å². The minimum atomic E-state index is -3.00. The highest BCUT2D eigenvalue weighted by molar-refractivity contribution is 7.39. The van der Waals surface area contributed by atoms with Gasteiger partial charge in [0.15, 0.2) is 11.6 Å². The summed E-state index contributed by atoms with van der Waals surface area (Å²) >= 11 is 0. The number of pyridine rings is 1. The number of nitrogen functional groups attached to an aromatic ring is 1. The van der Waals surface area contributed by atoms with Crippen LogP contribution in [0.1, 0.15) is 11.1 Å². The number of anilines is 3. The van der Waals surface area contributed by atoms with Crippen molar-refractivity contribution in [3.63, 3.8) is 0 Å². The van der Waals surface area contributed by atoms with Crippen LogP contribution >= 0.6 is 16.9 Å². The first-order chi connectivity index (χ1) is 14.9. The van der Waals surface area contributed by atoms with Crippen LogP contribution in [-0.4, -0.2) is 14.8 Å². The SMILES string of the molecule is Nc1ccc2c(n1)NC(c1ccc(OP(O)O)cc1)=C(c1ccc(O[P+](=O)[O-])cc1)N2. The van der Waals surface area contributed by atoms with E-state index < -0.39 is 16.9 Å². The molecule has 2 aromatic carbocycles. The standard InChI is InChI=1S/C19H16N4O6P2/c20-16-10-9-15-19(22-16)23-18(12-3-7-14(8-4-12)29-31(26)27)17(21-15)11-1-5-13(6-2-11)28-30(24)25/h1-10,21,26-27H,(H3,20,22,23). The first-order valence-electron chi connectivity index (χ1n) is 8.83. The second kappa shape index (κ2) is 8.85. The van der Waals surface area contributed by atoms with E-state index in [2.05, 4.69) is 15.6 Å². The predicted molar refractivity (Wildman–Crippen MR) is 116 cm³/mol. The third-order valence-corrected chi connectivity index (χ3v) is 5.06. The molecule has 4 rings (SSSR count). The average molecular weight is 458 g/mol. The monoisotopic (exact) mass is 458 g/mol. The van der Waals surface area contributed by atoms with Crippen LogP contribution in [0.25, 0.3) is 11.4 Å². The van der Waals surface area contributed by atoms with Gasteiger partial charge in [-0.05, 0) is 65.2 Å². The normalized spacial score (nSPS) is 13.2. The second-order valence-corrected chi connectivity index (χ2v) is 7.66. The van der Waals surface area contributed by atoms with Gasteiger partial charge in [-0.2, -0.15) is 0 Å². The van der Waals surface area contributed by atoms with E-state index >= 15 is 0 Å². The van der Waals surface area contributed by atoms with Gasteiger partial charge in [-0.25, -0.2) is 4.98 Å². The zero-order valence-electron chi connectivity index (χ0n) is 15.7. The lowest BCUT2D eigenvalue weighted by atomic mass is 10.0. The van der Waals surface area contributed by atoms with Crippen LogP contribution in [-0.2, 0) is 4.57 Å². The summed E-state index contributed by atoms with van der Waals surface area (Å²) < 4.78 is 20.4. The van der Waals surface area contributed by atoms with Crippen molar-refractivity contribution in [1.29, 1.82) is 0 Å². The number of nitrogens with one attached hydrogen (secondary N) is 2. The minimum absolute atomic E-state index is 0.201. The van der Waals surface area contributed by atoms with Crippen LogP contribution in [0.15, 0.2) is 60.7 Å². The molecule has 0 aliphatic carbocycles. The van der Waals surface area contributed by atoms with Gasteiger partial charge in [-0.3, -0.25) is 4.52 Å². The van der Waals surface area contributed by atoms with E-state index in [9.17, 15) is 9.46 Å². The summed E-state index contributed by atoms with van der Waals surface area (Å²) in [7, 11) is -5.51. The number of nitrogens with two attached hydrogens (primary N) is 1. The van der Waals surface area contributed by atoms with Crippen molar-refractivity contribution in [3.05, 3.63) is 71.8 Å². The summed E-state index contributed by atoms with van der Waals surface area (Å²) in [5, 5.41) is 6.60. The molecule has 31 heavy (non-hydrogen) atoms. The zero-order chi connectivity index (χ0) is 22.0. The molecule has 0 fully saturated rings. The van der Waals surface area contributed by atoms with Gasteiger partial charge >= 0.3 is 16.9 Å². The van der Waals surface area contributed by atoms with E-state index in [1.54, 1.807) is 60.7 Å². The van der Waals surface area contributed by atoms with Crippen LogP contribution in [0.2, 0.25) is 0 Å². The first kappa shape index (κ1) is 21.0. The van der Waals surface area contributed by atoms with Gasteiger partial charge in [-0.1, -0.05) is 0 Å². The maximum absolute atomic E-state index is 10.8. The minimum Gasteiger partial charge on any atom is -0.558 e. The third-order valence-electron chi connectivity index (χ3n) is 4.32. The topological polar surface area (TPSA) is 162 Å². The quantitative estimate of drug-likeness (QED) is 0.347. The molecule has 3 aromatic rings. The van der Waals surface area contributed by atoms with Crippen molar-refractivity contribution in [2.45, 2.75) is 0 Å². The number of rotatable bonds is 6. The molecule has 1 unspecified atom stereocenters. The molecule has 1 aliphatic rings. The molecule has 0 radical (unpaired) electrons. The molecule has 1 aromatic heterocycles. The molecule has 2 heterocycles. The number of fused-ring (bicyclic) bond motifs is 1. The molecule has 0 bridgehead atoms. The largest absolute Gasteiger partial charge is 0.558 e. The highest BCUT2D eigenvalue weighted by Gasteiger charge is 2.21. The van der Waals surface area contributed by atoms with Gasteiger partial charge in [0.2, 0.25) is 0 Å². The molecule has 0 amide bonds. The molecule has 1 aliphatic heterocycles. The number of nitrogens with zero attached hydrogens (tertiary/aromatic N) is 1. The van der Waals surface area contributed by atoms with Crippen molar-refractivity contribution in [3.8, 4) is 11.5 Å². The van der Waals surface area contributed by atoms with E-state index in [1.165, 1.54) is 0 Å². The molecule has 1 atom stereocenters. The molecular formula is C19H16N4O6P2. The van der Waals surface area contributed by atoms with Crippen LogP contribution < -0.4 is 30.3 Å². The van der Waals surface area contributed by atoms with Gasteiger partial charge in [0.05, 0.1) is 17.1 Å². The highest BCUT2D eigenvalue weighted by Crippen LogP contribution is 2.38. The zero-order valence-corrected chi connectivity index (χ0v) is 17.5. The van der Waals surface area contributed by atoms with Crippen molar-refractivity contribution in [2.24, 2.45) is 0 Å². The Balaban J connectivity index is 1.75. The Bertz CT molecular complexity index is 1150. The Morgan fingerprint density at radius 2 is 1.48 bits per heavy atom. The lowest BCUT2D eigenvalue weighted by molar-refractivity contribution is -0.178. The van der Waals surface area contributed by atoms with Gasteiger partial charge in [0.25, 0.3) is 0 Å². The third kappa shape index (κ3) is 4.91. The van der Waals surface area contributed by atoms with Gasteiger partial charge in [0, 0.05) is 11.1 Å². The fourth-order valence-corrected chi connectivity index (χ4v) is 3.63. The fraction of sp³-hybridized carbons (Fsp3) is 0. The molecule has 0 saturated carbocycles. The molecular weight excluding hydrogens is 442 g/mol. The summed E-state index contributed by atoms with van der Waals surface area (Å²) in [5.74, 6) is 1.40. The van der Waals surface area contributed by atoms with Crippen LogP contribution in [0.4, 0.5) is 17.3 Å². The maximum Gasteiger partial charge on any atom is 0.539 e. The summed E-state index contributed by atoms with van der Waals surface area (Å²) in [6, 6.07) is 16.7. The molecule has 10 nitrogen and oxygen atoms in total. The first-order valence-corrected chi connectivity index (χ1v) is 11.1. The average Bonchev–Trinajstić information content (AvgIpc) is 2.73. The van der Waals surface area contributed by atoms with Crippen LogP contribution in [0.3, 0.4) is 0 Å². The number of hydrogen-bond donors (Lipinski definition) is 5. The summed E-state index contributed by atoms with van der Waals surface area (Å²) in [4.78, 5) is 33.1. The second-order valence-electron chi connectivity index (χ2n) is 6.34. The van der Waals surface area contributed by atoms with Crippen molar-refractivity contribution >= 4 is 45.6 Å². The van der Waals surface area contributed by atoms with E-state index in [1.807, 2.05) is 0 Å². The van der Waals surface area contributed by atoms with E-state index in [4.69, 9.17) is 24.6 Å². The molecule has 0 spiro atoms. The summed E-state index contributed by atoms with van der Waals surface area (Å²) in [6.07, 6.45) is 0. The van der Waals surface area contributed by atoms with Crippen LogP contribution in [0.5, 0.6) is 11.5 Å². The Hall–Kier alpha value is -3.26. The number of aromatic nitrogens is 1. The van der Waals surface area contributed by atoms with Gasteiger partial charge in [0.1, 0.15) is 11.6 Å². The van der Waals surface area contributed by atoms with Crippen molar-refractivity contribution in [2.75, 3.05) is 16.4 Å². The Morgan fingerprint density at radius 1 is 0.903 bits per heavy atom. The number of benzene rings is 2. The van der Waals surface area contributed by atoms with Crippen LogP contribution in [0, 0.1) is 0 Å².